The Morgan fingerprint density at radius 2 is 1.97 bits per heavy atom. The van der Waals surface area contributed by atoms with Crippen molar-refractivity contribution >= 4 is 29.0 Å². The summed E-state index contributed by atoms with van der Waals surface area (Å²) in [6, 6.07) is 21.5. The van der Waals surface area contributed by atoms with Crippen molar-refractivity contribution in [2.45, 2.75) is 17.5 Å². The van der Waals surface area contributed by atoms with Crippen LogP contribution in [0.3, 0.4) is 0 Å². The van der Waals surface area contributed by atoms with Gasteiger partial charge in [-0.15, -0.1) is 21.5 Å². The molecule has 10 heteroatoms. The second kappa shape index (κ2) is 11.1. The van der Waals surface area contributed by atoms with Gasteiger partial charge in [-0.1, -0.05) is 48.2 Å². The number of benzene rings is 2. The van der Waals surface area contributed by atoms with Crippen LogP contribution in [0.25, 0.3) is 17.1 Å². The molecule has 0 bridgehead atoms. The Balaban J connectivity index is 1.33. The molecule has 0 aliphatic rings. The summed E-state index contributed by atoms with van der Waals surface area (Å²) in [6.07, 6.45) is 3.43. The second-order valence-electron chi connectivity index (χ2n) is 7.67. The van der Waals surface area contributed by atoms with E-state index >= 15 is 0 Å². The summed E-state index contributed by atoms with van der Waals surface area (Å²) >= 11 is 2.97. The molecule has 0 spiro atoms. The van der Waals surface area contributed by atoms with Crippen LogP contribution in [0.2, 0.25) is 0 Å². The summed E-state index contributed by atoms with van der Waals surface area (Å²) in [7, 11) is 1.64. The number of amides is 1. The standard InChI is InChI=1S/C26H22N6O2S2/c1-34-21-11-5-8-19(13-21)24-30-31-26(32(24)20-9-3-2-4-10-20)36-17-23-29-22(16-35-23)25(33)28-15-18-7-6-12-27-14-18/h2-14,16H,15,17H2,1H3,(H,28,33). The molecule has 3 heterocycles. The van der Waals surface area contributed by atoms with E-state index in [9.17, 15) is 4.79 Å². The summed E-state index contributed by atoms with van der Waals surface area (Å²) in [5, 5.41) is 15.2. The zero-order valence-electron chi connectivity index (χ0n) is 19.4. The Kier molecular flexibility index (Phi) is 7.34. The van der Waals surface area contributed by atoms with Crippen molar-refractivity contribution in [1.29, 1.82) is 0 Å². The highest BCUT2D eigenvalue weighted by molar-refractivity contribution is 7.98. The fourth-order valence-electron chi connectivity index (χ4n) is 3.51. The van der Waals surface area contributed by atoms with Gasteiger partial charge in [0.2, 0.25) is 0 Å². The highest BCUT2D eigenvalue weighted by Crippen LogP contribution is 2.31. The quantitative estimate of drug-likeness (QED) is 0.276. The first-order chi connectivity index (χ1) is 17.7. The number of para-hydroxylation sites is 1. The van der Waals surface area contributed by atoms with Gasteiger partial charge in [0.05, 0.1) is 12.9 Å². The van der Waals surface area contributed by atoms with Crippen LogP contribution in [0, 0.1) is 0 Å². The Bertz CT molecular complexity index is 1450. The Labute approximate surface area is 216 Å². The third-order valence-electron chi connectivity index (χ3n) is 5.26. The first kappa shape index (κ1) is 23.7. The number of carbonyl (C=O) groups is 1. The molecule has 2 aromatic carbocycles. The maximum Gasteiger partial charge on any atom is 0.271 e. The molecule has 0 radical (unpaired) electrons. The molecule has 0 saturated heterocycles. The minimum Gasteiger partial charge on any atom is -0.497 e. The molecule has 1 amide bonds. The van der Waals surface area contributed by atoms with Crippen molar-refractivity contribution in [2.24, 2.45) is 0 Å². The topological polar surface area (TPSA) is 94.8 Å². The number of aromatic nitrogens is 5. The number of ether oxygens (including phenoxy) is 1. The van der Waals surface area contributed by atoms with Gasteiger partial charge < -0.3 is 10.1 Å². The highest BCUT2D eigenvalue weighted by Gasteiger charge is 2.18. The lowest BCUT2D eigenvalue weighted by Gasteiger charge is -2.10. The Morgan fingerprint density at radius 3 is 2.78 bits per heavy atom. The number of nitrogens with one attached hydrogen (secondary N) is 1. The number of rotatable bonds is 9. The SMILES string of the molecule is COc1cccc(-c2nnc(SCc3nc(C(=O)NCc4cccnc4)cs3)n2-c2ccccc2)c1. The molecule has 0 aliphatic heterocycles. The zero-order valence-corrected chi connectivity index (χ0v) is 21.0. The zero-order chi connectivity index (χ0) is 24.7. The summed E-state index contributed by atoms with van der Waals surface area (Å²) in [6.45, 7) is 0.404. The molecule has 0 aliphatic carbocycles. The normalized spacial score (nSPS) is 10.8. The van der Waals surface area contributed by atoms with Gasteiger partial charge in [0.15, 0.2) is 11.0 Å². The molecule has 0 saturated carbocycles. The van der Waals surface area contributed by atoms with E-state index in [2.05, 4.69) is 25.5 Å². The molecule has 8 nitrogen and oxygen atoms in total. The number of pyridine rings is 1. The summed E-state index contributed by atoms with van der Waals surface area (Å²) in [5.41, 5.74) is 3.20. The van der Waals surface area contributed by atoms with Gasteiger partial charge in [0.1, 0.15) is 16.5 Å². The van der Waals surface area contributed by atoms with Gasteiger partial charge in [-0.3, -0.25) is 14.3 Å². The number of thiazole rings is 1. The average Bonchev–Trinajstić information content (AvgIpc) is 3.59. The lowest BCUT2D eigenvalue weighted by molar-refractivity contribution is 0.0946. The average molecular weight is 515 g/mol. The van der Waals surface area contributed by atoms with E-state index in [0.717, 1.165) is 38.6 Å². The maximum atomic E-state index is 12.5. The van der Waals surface area contributed by atoms with Gasteiger partial charge in [-0.2, -0.15) is 0 Å². The number of methoxy groups -OCH3 is 1. The summed E-state index contributed by atoms with van der Waals surface area (Å²) in [4.78, 5) is 21.1. The van der Waals surface area contributed by atoms with Gasteiger partial charge in [-0.05, 0) is 35.9 Å². The molecule has 5 rings (SSSR count). The third kappa shape index (κ3) is 5.45. The van der Waals surface area contributed by atoms with Crippen molar-refractivity contribution in [1.82, 2.24) is 30.0 Å². The largest absolute Gasteiger partial charge is 0.497 e. The van der Waals surface area contributed by atoms with Gasteiger partial charge in [-0.25, -0.2) is 4.98 Å². The first-order valence-electron chi connectivity index (χ1n) is 11.1. The minimum absolute atomic E-state index is 0.209. The maximum absolute atomic E-state index is 12.5. The van der Waals surface area contributed by atoms with Crippen LogP contribution in [0.4, 0.5) is 0 Å². The highest BCUT2D eigenvalue weighted by atomic mass is 32.2. The fraction of sp³-hybridized carbons (Fsp3) is 0.115. The Morgan fingerprint density at radius 1 is 1.08 bits per heavy atom. The van der Waals surface area contributed by atoms with Crippen LogP contribution in [0.1, 0.15) is 21.1 Å². The minimum atomic E-state index is -0.209. The van der Waals surface area contributed by atoms with Crippen LogP contribution in [0.5, 0.6) is 5.75 Å². The summed E-state index contributed by atoms with van der Waals surface area (Å²) < 4.78 is 7.42. The van der Waals surface area contributed by atoms with Crippen LogP contribution < -0.4 is 10.1 Å². The summed E-state index contributed by atoms with van der Waals surface area (Å²) in [5.74, 6) is 1.82. The predicted molar refractivity (Wildman–Crippen MR) is 140 cm³/mol. The number of nitrogens with zero attached hydrogens (tertiary/aromatic N) is 5. The van der Waals surface area contributed by atoms with E-state index in [4.69, 9.17) is 4.74 Å². The lowest BCUT2D eigenvalue weighted by atomic mass is 10.2. The van der Waals surface area contributed by atoms with E-state index < -0.39 is 0 Å². The van der Waals surface area contributed by atoms with Crippen molar-refractivity contribution in [3.05, 3.63) is 101 Å². The number of hydrogen-bond acceptors (Lipinski definition) is 8. The molecule has 5 aromatic rings. The molecule has 36 heavy (non-hydrogen) atoms. The smallest absolute Gasteiger partial charge is 0.271 e. The lowest BCUT2D eigenvalue weighted by Crippen LogP contribution is -2.23. The van der Waals surface area contributed by atoms with Crippen LogP contribution >= 0.6 is 23.1 Å². The first-order valence-corrected chi connectivity index (χ1v) is 13.0. The number of carbonyl (C=O) groups excluding carboxylic acids is 1. The van der Waals surface area contributed by atoms with Crippen LogP contribution in [-0.4, -0.2) is 37.7 Å². The van der Waals surface area contributed by atoms with E-state index in [-0.39, 0.29) is 5.91 Å². The molecule has 1 N–H and O–H groups in total. The van der Waals surface area contributed by atoms with Gasteiger partial charge in [0.25, 0.3) is 5.91 Å². The number of thioether (sulfide) groups is 1. The van der Waals surface area contributed by atoms with Gasteiger partial charge >= 0.3 is 0 Å². The molecule has 0 atom stereocenters. The monoisotopic (exact) mass is 514 g/mol. The van der Waals surface area contributed by atoms with Crippen molar-refractivity contribution in [3.8, 4) is 22.8 Å². The molecular formula is C26H22N6O2S2. The van der Waals surface area contributed by atoms with E-state index in [1.807, 2.05) is 71.3 Å². The van der Waals surface area contributed by atoms with Gasteiger partial charge in [0, 0.05) is 35.6 Å². The number of hydrogen-bond donors (Lipinski definition) is 1. The van der Waals surface area contributed by atoms with E-state index in [1.165, 1.54) is 23.1 Å². The molecule has 3 aromatic heterocycles. The Hall–Kier alpha value is -4.02. The van der Waals surface area contributed by atoms with Crippen LogP contribution in [-0.2, 0) is 12.3 Å². The van der Waals surface area contributed by atoms with Crippen LogP contribution in [0.15, 0.2) is 89.7 Å². The van der Waals surface area contributed by atoms with E-state index in [0.29, 0.717) is 18.0 Å². The molecular weight excluding hydrogens is 492 g/mol. The molecule has 180 valence electrons. The second-order valence-corrected chi connectivity index (χ2v) is 9.55. The van der Waals surface area contributed by atoms with Crippen molar-refractivity contribution < 1.29 is 9.53 Å². The van der Waals surface area contributed by atoms with Crippen molar-refractivity contribution in [2.75, 3.05) is 7.11 Å². The third-order valence-corrected chi connectivity index (χ3v) is 7.23. The molecule has 0 unspecified atom stereocenters. The predicted octanol–water partition coefficient (Wildman–Crippen LogP) is 5.02. The van der Waals surface area contributed by atoms with Crippen molar-refractivity contribution in [3.63, 3.8) is 0 Å². The van der Waals surface area contributed by atoms with E-state index in [1.54, 1.807) is 24.9 Å². The molecule has 0 fully saturated rings. The fourth-order valence-corrected chi connectivity index (χ4v) is 5.25.